The van der Waals surface area contributed by atoms with E-state index in [0.29, 0.717) is 11.3 Å². The van der Waals surface area contributed by atoms with Crippen molar-refractivity contribution in [2.75, 3.05) is 6.61 Å². The number of carbonyl (C=O) groups is 1. The summed E-state index contributed by atoms with van der Waals surface area (Å²) in [4.78, 5) is 8.80. The van der Waals surface area contributed by atoms with Crippen LogP contribution in [0.4, 0.5) is 0 Å². The number of nitrogens with one attached hydrogen (secondary N) is 1. The minimum Gasteiger partial charge on any atom is -0.491 e. The van der Waals surface area contributed by atoms with Crippen LogP contribution in [-0.2, 0) is 14.9 Å². The van der Waals surface area contributed by atoms with Crippen molar-refractivity contribution < 1.29 is 27.2 Å². The highest BCUT2D eigenvalue weighted by Gasteiger charge is 2.50. The molecule has 1 saturated carbocycles. The highest BCUT2D eigenvalue weighted by atomic mass is 32.2. The molecule has 0 spiro atoms. The summed E-state index contributed by atoms with van der Waals surface area (Å²) in [5.41, 5.74) is 5.50. The van der Waals surface area contributed by atoms with Gasteiger partial charge in [-0.2, -0.15) is 18.8 Å². The lowest BCUT2D eigenvalue weighted by molar-refractivity contribution is -0.134. The predicted octanol–water partition coefficient (Wildman–Crippen LogP) is 2.45. The summed E-state index contributed by atoms with van der Waals surface area (Å²) < 4.78 is 36.6. The maximum atomic E-state index is 12.7. The third kappa shape index (κ3) is 6.23. The molecule has 0 bridgehead atoms. The number of carboxylic acid groups (broad SMARTS) is 1. The van der Waals surface area contributed by atoms with E-state index in [2.05, 4.69) is 11.8 Å². The first-order chi connectivity index (χ1) is 16.0. The first-order valence-electron chi connectivity index (χ1n) is 9.94. The van der Waals surface area contributed by atoms with Crippen LogP contribution in [0.2, 0.25) is 0 Å². The molecule has 0 aromatic heterocycles. The highest BCUT2D eigenvalue weighted by molar-refractivity contribution is 7.87. The van der Waals surface area contributed by atoms with E-state index in [1.165, 1.54) is 29.3 Å². The van der Waals surface area contributed by atoms with Crippen LogP contribution in [0.5, 0.6) is 11.5 Å². The average molecular weight is 488 g/mol. The third-order valence-corrected chi connectivity index (χ3v) is 6.15. The topological polar surface area (TPSA) is 179 Å². The van der Waals surface area contributed by atoms with E-state index in [-0.39, 0.29) is 28.8 Å². The van der Waals surface area contributed by atoms with Crippen molar-refractivity contribution in [1.29, 1.82) is 10.7 Å². The number of guanidine groups is 1. The van der Waals surface area contributed by atoms with Crippen LogP contribution in [0.1, 0.15) is 30.9 Å². The van der Waals surface area contributed by atoms with E-state index in [1.807, 2.05) is 6.07 Å². The second kappa shape index (κ2) is 10.7. The molecule has 0 unspecified atom stereocenters. The fraction of sp³-hybridized carbons (Fsp3) is 0.273. The molecule has 2 aromatic carbocycles. The lowest BCUT2D eigenvalue weighted by Crippen LogP contribution is -2.45. The Morgan fingerprint density at radius 1 is 1.29 bits per heavy atom. The van der Waals surface area contributed by atoms with Gasteiger partial charge in [0.1, 0.15) is 34.6 Å². The summed E-state index contributed by atoms with van der Waals surface area (Å²) in [7, 11) is -4.21. The van der Waals surface area contributed by atoms with Crippen LogP contribution in [0.25, 0.3) is 0 Å². The Morgan fingerprint density at radius 3 is 2.41 bits per heavy atom. The summed E-state index contributed by atoms with van der Waals surface area (Å²) in [6.45, 7) is 6.40. The molecule has 0 radical (unpaired) electrons. The maximum Gasteiger partial charge on any atom is 0.340 e. The summed E-state index contributed by atoms with van der Waals surface area (Å²) >= 11 is 0. The Labute approximate surface area is 197 Å². The lowest BCUT2D eigenvalue weighted by atomic mass is 10.2. The zero-order valence-electron chi connectivity index (χ0n) is 18.7. The predicted molar refractivity (Wildman–Crippen MR) is 124 cm³/mol. The minimum absolute atomic E-state index is 0.000480. The van der Waals surface area contributed by atoms with Crippen molar-refractivity contribution in [3.63, 3.8) is 0 Å². The Bertz CT molecular complexity index is 1230. The van der Waals surface area contributed by atoms with Crippen molar-refractivity contribution in [2.45, 2.75) is 37.1 Å². The minimum atomic E-state index is -4.21. The highest BCUT2D eigenvalue weighted by Crippen LogP contribution is 2.42. The fourth-order valence-corrected chi connectivity index (χ4v) is 4.17. The van der Waals surface area contributed by atoms with Gasteiger partial charge in [-0.3, -0.25) is 10.2 Å². The molecule has 1 aliphatic rings. The Balaban J connectivity index is 0.000000945. The van der Waals surface area contributed by atoms with Crippen molar-refractivity contribution in [3.8, 4) is 17.6 Å². The molecule has 1 fully saturated rings. The molecule has 0 amide bonds. The molecule has 0 aliphatic heterocycles. The quantitative estimate of drug-likeness (QED) is 0.218. The molecule has 0 saturated heterocycles. The molecule has 1 aliphatic carbocycles. The van der Waals surface area contributed by atoms with Gasteiger partial charge in [-0.1, -0.05) is 18.2 Å². The number of rotatable bonds is 8. The van der Waals surface area contributed by atoms with E-state index in [4.69, 9.17) is 30.0 Å². The van der Waals surface area contributed by atoms with E-state index in [1.54, 1.807) is 25.1 Å². The number of aliphatic carboxylic acids is 1. The molecule has 180 valence electrons. The molecule has 0 atom stereocenters. The summed E-state index contributed by atoms with van der Waals surface area (Å²) in [5.74, 6) is -0.535. The van der Waals surface area contributed by atoms with Crippen molar-refractivity contribution in [2.24, 2.45) is 10.8 Å². The van der Waals surface area contributed by atoms with Gasteiger partial charge in [0, 0.05) is 19.2 Å². The van der Waals surface area contributed by atoms with E-state index < -0.39 is 21.6 Å². The molecule has 0 heterocycles. The van der Waals surface area contributed by atoms with E-state index >= 15 is 0 Å². The Hall–Kier alpha value is -4.11. The number of hydrazone groups is 1. The lowest BCUT2D eigenvalue weighted by Gasteiger charge is -2.27. The van der Waals surface area contributed by atoms with Gasteiger partial charge in [0.25, 0.3) is 5.97 Å². The summed E-state index contributed by atoms with van der Waals surface area (Å²) in [6.07, 6.45) is 1.47. The molecule has 11 nitrogen and oxygen atoms in total. The second-order valence-corrected chi connectivity index (χ2v) is 8.91. The fourth-order valence-electron chi connectivity index (χ4n) is 3.04. The van der Waals surface area contributed by atoms with Gasteiger partial charge in [-0.25, -0.2) is 5.01 Å². The maximum absolute atomic E-state index is 12.7. The van der Waals surface area contributed by atoms with Gasteiger partial charge in [0.05, 0.1) is 5.56 Å². The molecule has 12 heteroatoms. The van der Waals surface area contributed by atoms with Gasteiger partial charge in [0.15, 0.2) is 0 Å². The molecular formula is C22H25N5O6S. The van der Waals surface area contributed by atoms with Crippen molar-refractivity contribution in [1.82, 2.24) is 5.01 Å². The van der Waals surface area contributed by atoms with Crippen LogP contribution in [-0.4, -0.2) is 49.3 Å². The summed E-state index contributed by atoms with van der Waals surface area (Å²) in [5, 5.41) is 29.3. The molecule has 34 heavy (non-hydrogen) atoms. The van der Waals surface area contributed by atoms with Gasteiger partial charge in [0.2, 0.25) is 5.96 Å². The smallest absolute Gasteiger partial charge is 0.340 e. The normalized spacial score (nSPS) is 13.3. The van der Waals surface area contributed by atoms with Crippen molar-refractivity contribution in [3.05, 3.63) is 53.6 Å². The van der Waals surface area contributed by atoms with Crippen LogP contribution in [0.3, 0.4) is 0 Å². The number of hydrogen-bond donors (Lipinski definition) is 3. The number of hydrogen-bond acceptors (Lipinski definition) is 8. The first kappa shape index (κ1) is 26.1. The number of nitrogens with two attached hydrogens (primary N) is 1. The number of ether oxygens (including phenoxy) is 1. The number of nitrogens with zero attached hydrogens (tertiary/aromatic N) is 3. The zero-order valence-corrected chi connectivity index (χ0v) is 19.5. The number of nitriles is 1. The second-order valence-electron chi connectivity index (χ2n) is 7.40. The third-order valence-electron chi connectivity index (χ3n) is 4.85. The van der Waals surface area contributed by atoms with Gasteiger partial charge in [-0.15, -0.1) is 0 Å². The van der Waals surface area contributed by atoms with E-state index in [9.17, 15) is 13.7 Å². The number of carboxylic acids is 1. The van der Waals surface area contributed by atoms with Gasteiger partial charge in [-0.05, 0) is 44.0 Å². The SMILES string of the molecule is C=NN(C(=N)N)C1(COc2cccc(OS(=O)(=O)c3ccccc3C#N)c2C)CC1.CC(=O)O. The molecule has 2 aromatic rings. The first-order valence-corrected chi connectivity index (χ1v) is 11.3. The van der Waals surface area contributed by atoms with Crippen LogP contribution in [0.15, 0.2) is 52.5 Å². The monoisotopic (exact) mass is 487 g/mol. The standard InChI is InChI=1S/C20H21N5O4S.C2H4O2/c1-14-16(28-13-20(10-11-20)25(24-2)19(22)23)7-5-8-17(14)29-30(26,27)18-9-4-3-6-15(18)12-21;1-2(3)4/h3-9H,2,10-11,13H2,1H3,(H3,22,23);1H3,(H,3,4). The van der Waals surface area contributed by atoms with Crippen molar-refractivity contribution >= 4 is 28.8 Å². The van der Waals surface area contributed by atoms with Crippen LogP contribution >= 0.6 is 0 Å². The Kier molecular flexibility index (Phi) is 8.21. The van der Waals surface area contributed by atoms with E-state index in [0.717, 1.165) is 19.8 Å². The zero-order chi connectivity index (χ0) is 25.5. The molecule has 3 rings (SSSR count). The summed E-state index contributed by atoms with van der Waals surface area (Å²) in [6, 6.07) is 12.5. The molecule has 4 N–H and O–H groups in total. The Morgan fingerprint density at radius 2 is 1.88 bits per heavy atom. The van der Waals surface area contributed by atoms with Gasteiger partial charge >= 0.3 is 10.1 Å². The van der Waals surface area contributed by atoms with Crippen LogP contribution in [0, 0.1) is 23.7 Å². The van der Waals surface area contributed by atoms with Crippen LogP contribution < -0.4 is 14.7 Å². The average Bonchev–Trinajstić information content (AvgIpc) is 3.54. The largest absolute Gasteiger partial charge is 0.491 e. The number of benzene rings is 2. The molecular weight excluding hydrogens is 462 g/mol. The van der Waals surface area contributed by atoms with Gasteiger partial charge < -0.3 is 19.8 Å².